The molecule has 4 nitrogen and oxygen atoms in total. The van der Waals surface area contributed by atoms with Crippen molar-refractivity contribution in [2.24, 2.45) is 0 Å². The molecule has 3 aromatic rings. The number of carboxylic acid groups (broad SMARTS) is 1. The van der Waals surface area contributed by atoms with Crippen LogP contribution in [0.25, 0.3) is 0 Å². The van der Waals surface area contributed by atoms with Crippen LogP contribution < -0.4 is 4.74 Å². The monoisotopic (exact) mass is 357 g/mol. The summed E-state index contributed by atoms with van der Waals surface area (Å²) in [5.74, 6) is -0.362. The predicted octanol–water partition coefficient (Wildman–Crippen LogP) is 4.62. The van der Waals surface area contributed by atoms with Crippen molar-refractivity contribution in [2.45, 2.75) is 19.4 Å². The van der Waals surface area contributed by atoms with E-state index in [-0.39, 0.29) is 12.2 Å². The molecular weight excluding hydrogens is 338 g/mol. The molecule has 0 saturated heterocycles. The predicted molar refractivity (Wildman–Crippen MR) is 103 cm³/mol. The van der Waals surface area contributed by atoms with Crippen molar-refractivity contribution in [3.05, 3.63) is 101 Å². The second kappa shape index (κ2) is 8.68. The zero-order valence-electron chi connectivity index (χ0n) is 14.8. The normalized spacial score (nSPS) is 10.2. The molecule has 0 spiro atoms. The van der Waals surface area contributed by atoms with Gasteiger partial charge in [0.2, 0.25) is 0 Å². The van der Waals surface area contributed by atoms with E-state index < -0.39 is 5.97 Å². The zero-order valence-corrected chi connectivity index (χ0v) is 14.8. The fraction of sp³-hybridized carbons (Fsp3) is 0.130. The summed E-state index contributed by atoms with van der Waals surface area (Å²) < 4.78 is 5.96. The van der Waals surface area contributed by atoms with Gasteiger partial charge in [-0.2, -0.15) is 5.26 Å². The first-order valence-corrected chi connectivity index (χ1v) is 8.68. The van der Waals surface area contributed by atoms with Gasteiger partial charge in [0.05, 0.1) is 11.1 Å². The molecule has 4 heteroatoms. The maximum atomic E-state index is 10.9. The molecule has 0 atom stereocenters. The first-order valence-electron chi connectivity index (χ1n) is 8.68. The van der Waals surface area contributed by atoms with Gasteiger partial charge in [0.1, 0.15) is 18.4 Å². The van der Waals surface area contributed by atoms with E-state index in [2.05, 4.69) is 18.2 Å². The van der Waals surface area contributed by atoms with Crippen LogP contribution in [-0.4, -0.2) is 11.1 Å². The van der Waals surface area contributed by atoms with E-state index in [4.69, 9.17) is 9.84 Å². The minimum Gasteiger partial charge on any atom is -0.487 e. The van der Waals surface area contributed by atoms with Crippen molar-refractivity contribution in [3.63, 3.8) is 0 Å². The number of benzene rings is 3. The smallest absolute Gasteiger partial charge is 0.335 e. The third-order valence-corrected chi connectivity index (χ3v) is 4.33. The molecular formula is C23H19NO3. The van der Waals surface area contributed by atoms with Crippen LogP contribution in [0.15, 0.2) is 72.8 Å². The molecule has 134 valence electrons. The van der Waals surface area contributed by atoms with Gasteiger partial charge < -0.3 is 9.84 Å². The first kappa shape index (κ1) is 18.2. The highest BCUT2D eigenvalue weighted by Gasteiger charge is 2.11. The molecule has 3 aromatic carbocycles. The quantitative estimate of drug-likeness (QED) is 0.670. The Morgan fingerprint density at radius 2 is 1.63 bits per heavy atom. The van der Waals surface area contributed by atoms with Gasteiger partial charge in [-0.1, -0.05) is 54.6 Å². The van der Waals surface area contributed by atoms with Gasteiger partial charge >= 0.3 is 5.97 Å². The van der Waals surface area contributed by atoms with E-state index >= 15 is 0 Å². The van der Waals surface area contributed by atoms with E-state index in [9.17, 15) is 10.1 Å². The summed E-state index contributed by atoms with van der Waals surface area (Å²) in [6.07, 6.45) is 1.63. The molecule has 0 aromatic heterocycles. The summed E-state index contributed by atoms with van der Waals surface area (Å²) in [4.78, 5) is 10.9. The molecule has 0 aliphatic heterocycles. The number of aryl methyl sites for hydroxylation is 2. The Morgan fingerprint density at radius 1 is 0.889 bits per heavy atom. The van der Waals surface area contributed by atoms with Crippen LogP contribution in [0.1, 0.15) is 32.6 Å². The van der Waals surface area contributed by atoms with Crippen molar-refractivity contribution in [1.29, 1.82) is 5.26 Å². The van der Waals surface area contributed by atoms with Crippen molar-refractivity contribution in [3.8, 4) is 11.8 Å². The summed E-state index contributed by atoms with van der Waals surface area (Å²) in [5, 5.41) is 18.4. The SMILES string of the molecule is N#Cc1cccc(CCc2ccccc2)c1OCc1ccc(C(=O)O)cc1. The minimum atomic E-state index is -0.958. The molecule has 27 heavy (non-hydrogen) atoms. The lowest BCUT2D eigenvalue weighted by Crippen LogP contribution is -2.03. The average molecular weight is 357 g/mol. The lowest BCUT2D eigenvalue weighted by molar-refractivity contribution is 0.0697. The minimum absolute atomic E-state index is 0.236. The van der Waals surface area contributed by atoms with Gasteiger partial charge in [-0.05, 0) is 47.7 Å². The van der Waals surface area contributed by atoms with E-state index in [1.54, 1.807) is 30.3 Å². The molecule has 0 amide bonds. The van der Waals surface area contributed by atoms with Crippen LogP contribution in [-0.2, 0) is 19.4 Å². The van der Waals surface area contributed by atoms with E-state index in [1.165, 1.54) is 5.56 Å². The van der Waals surface area contributed by atoms with Crippen LogP contribution in [0.4, 0.5) is 0 Å². The maximum absolute atomic E-state index is 10.9. The average Bonchev–Trinajstić information content (AvgIpc) is 2.71. The molecule has 0 radical (unpaired) electrons. The summed E-state index contributed by atoms with van der Waals surface area (Å²) in [6.45, 7) is 0.275. The summed E-state index contributed by atoms with van der Waals surface area (Å²) in [6, 6.07) is 24.5. The molecule has 0 heterocycles. The molecule has 0 aliphatic carbocycles. The Hall–Kier alpha value is -3.58. The van der Waals surface area contributed by atoms with Gasteiger partial charge in [-0.15, -0.1) is 0 Å². The molecule has 3 rings (SSSR count). The largest absolute Gasteiger partial charge is 0.487 e. The van der Waals surface area contributed by atoms with Crippen LogP contribution in [0.2, 0.25) is 0 Å². The van der Waals surface area contributed by atoms with Crippen LogP contribution >= 0.6 is 0 Å². The second-order valence-electron chi connectivity index (χ2n) is 6.18. The Morgan fingerprint density at radius 3 is 2.30 bits per heavy atom. The van der Waals surface area contributed by atoms with Crippen LogP contribution in [0.3, 0.4) is 0 Å². The second-order valence-corrected chi connectivity index (χ2v) is 6.18. The third kappa shape index (κ3) is 4.74. The number of rotatable bonds is 7. The number of ether oxygens (including phenoxy) is 1. The number of nitrogens with zero attached hydrogens (tertiary/aromatic N) is 1. The van der Waals surface area contributed by atoms with Crippen LogP contribution in [0, 0.1) is 11.3 Å². The first-order chi connectivity index (χ1) is 13.2. The lowest BCUT2D eigenvalue weighted by atomic mass is 10.0. The maximum Gasteiger partial charge on any atom is 0.335 e. The van der Waals surface area contributed by atoms with E-state index in [0.29, 0.717) is 11.3 Å². The van der Waals surface area contributed by atoms with E-state index in [0.717, 1.165) is 24.0 Å². The fourth-order valence-corrected chi connectivity index (χ4v) is 2.86. The lowest BCUT2D eigenvalue weighted by Gasteiger charge is -2.13. The molecule has 1 N–H and O–H groups in total. The van der Waals surface area contributed by atoms with Crippen molar-refractivity contribution < 1.29 is 14.6 Å². The number of nitriles is 1. The highest BCUT2D eigenvalue weighted by atomic mass is 16.5. The third-order valence-electron chi connectivity index (χ3n) is 4.33. The topological polar surface area (TPSA) is 70.3 Å². The van der Waals surface area contributed by atoms with E-state index in [1.807, 2.05) is 30.3 Å². The number of hydrogen-bond acceptors (Lipinski definition) is 3. The number of carbonyl (C=O) groups is 1. The van der Waals surface area contributed by atoms with Gasteiger partial charge in [0, 0.05) is 0 Å². The highest BCUT2D eigenvalue weighted by molar-refractivity contribution is 5.87. The molecule has 0 saturated carbocycles. The fourth-order valence-electron chi connectivity index (χ4n) is 2.86. The summed E-state index contributed by atoms with van der Waals surface area (Å²) in [5.41, 5.74) is 3.80. The Balaban J connectivity index is 1.75. The Labute approximate surface area is 158 Å². The van der Waals surface area contributed by atoms with Gasteiger partial charge in [0.15, 0.2) is 0 Å². The van der Waals surface area contributed by atoms with Gasteiger partial charge in [-0.25, -0.2) is 4.79 Å². The van der Waals surface area contributed by atoms with Crippen LogP contribution in [0.5, 0.6) is 5.75 Å². The number of carboxylic acids is 1. The number of hydrogen-bond donors (Lipinski definition) is 1. The van der Waals surface area contributed by atoms with Crippen molar-refractivity contribution in [2.75, 3.05) is 0 Å². The molecule has 0 bridgehead atoms. The van der Waals surface area contributed by atoms with Crippen molar-refractivity contribution in [1.82, 2.24) is 0 Å². The summed E-state index contributed by atoms with van der Waals surface area (Å²) in [7, 11) is 0. The molecule has 0 unspecified atom stereocenters. The standard InChI is InChI=1S/C23H19NO3/c24-15-21-8-4-7-19(12-9-17-5-2-1-3-6-17)22(21)27-16-18-10-13-20(14-11-18)23(25)26/h1-8,10-11,13-14H,9,12,16H2,(H,25,26). The molecule has 0 fully saturated rings. The zero-order chi connectivity index (χ0) is 19.1. The van der Waals surface area contributed by atoms with Crippen molar-refractivity contribution >= 4 is 5.97 Å². The number of para-hydroxylation sites is 1. The summed E-state index contributed by atoms with van der Waals surface area (Å²) >= 11 is 0. The Bertz CT molecular complexity index is 957. The Kier molecular flexibility index (Phi) is 5.86. The van der Waals surface area contributed by atoms with Gasteiger partial charge in [-0.3, -0.25) is 0 Å². The van der Waals surface area contributed by atoms with Gasteiger partial charge in [0.25, 0.3) is 0 Å². The number of aromatic carboxylic acids is 1. The highest BCUT2D eigenvalue weighted by Crippen LogP contribution is 2.26. The molecule has 0 aliphatic rings.